The lowest BCUT2D eigenvalue weighted by atomic mass is 10.3. The van der Waals surface area contributed by atoms with Gasteiger partial charge in [0.15, 0.2) is 0 Å². The highest BCUT2D eigenvalue weighted by Gasteiger charge is 1.96. The number of thiophene rings is 1. The van der Waals surface area contributed by atoms with Crippen molar-refractivity contribution in [1.29, 1.82) is 0 Å². The lowest BCUT2D eigenvalue weighted by Crippen LogP contribution is -2.27. The van der Waals surface area contributed by atoms with E-state index in [9.17, 15) is 4.79 Å². The summed E-state index contributed by atoms with van der Waals surface area (Å²) in [5.74, 6) is 0. The number of nitrogens with zero attached hydrogens (tertiary/aromatic N) is 1. The van der Waals surface area contributed by atoms with Crippen molar-refractivity contribution >= 4 is 11.3 Å². The summed E-state index contributed by atoms with van der Waals surface area (Å²) in [6.45, 7) is 4.45. The molecule has 3 nitrogen and oxygen atoms in total. The van der Waals surface area contributed by atoms with E-state index >= 15 is 0 Å². The quantitative estimate of drug-likeness (QED) is 0.808. The minimum absolute atomic E-state index is 0.0788. The fraction of sp³-hybridized carbons (Fsp3) is 0.357. The van der Waals surface area contributed by atoms with E-state index in [-0.39, 0.29) is 5.56 Å². The molecule has 0 saturated carbocycles. The van der Waals surface area contributed by atoms with Gasteiger partial charge in [0.2, 0.25) is 0 Å². The average Bonchev–Trinajstić information content (AvgIpc) is 2.84. The van der Waals surface area contributed by atoms with E-state index in [0.717, 1.165) is 31.6 Å². The number of nitrogens with one attached hydrogen (secondary N) is 1. The molecule has 2 rings (SSSR count). The Morgan fingerprint density at radius 2 is 2.22 bits per heavy atom. The molecular formula is C14H18N2OS. The Labute approximate surface area is 111 Å². The molecule has 0 bridgehead atoms. The second kappa shape index (κ2) is 6.52. The summed E-state index contributed by atoms with van der Waals surface area (Å²) in [7, 11) is 0. The highest BCUT2D eigenvalue weighted by molar-refractivity contribution is 7.09. The molecule has 0 atom stereocenters. The summed E-state index contributed by atoms with van der Waals surface area (Å²) in [6, 6.07) is 7.86. The largest absolute Gasteiger partial charge is 0.315 e. The van der Waals surface area contributed by atoms with Gasteiger partial charge >= 0.3 is 0 Å². The lowest BCUT2D eigenvalue weighted by molar-refractivity contribution is 0.587. The smallest absolute Gasteiger partial charge is 0.250 e. The zero-order valence-corrected chi connectivity index (χ0v) is 11.4. The van der Waals surface area contributed by atoms with Crippen LogP contribution in [-0.4, -0.2) is 17.7 Å². The summed E-state index contributed by atoms with van der Waals surface area (Å²) < 4.78 is 1.74. The fourth-order valence-corrected chi connectivity index (χ4v) is 2.49. The van der Waals surface area contributed by atoms with Gasteiger partial charge in [0.05, 0.1) is 0 Å². The van der Waals surface area contributed by atoms with Crippen LogP contribution in [0.3, 0.4) is 0 Å². The normalized spacial score (nSPS) is 10.7. The van der Waals surface area contributed by atoms with Gasteiger partial charge < -0.3 is 9.88 Å². The van der Waals surface area contributed by atoms with E-state index < -0.39 is 0 Å². The molecule has 0 radical (unpaired) electrons. The first-order valence-corrected chi connectivity index (χ1v) is 7.04. The molecule has 1 N–H and O–H groups in total. The van der Waals surface area contributed by atoms with Gasteiger partial charge in [-0.15, -0.1) is 11.3 Å². The van der Waals surface area contributed by atoms with Gasteiger partial charge in [0.25, 0.3) is 5.56 Å². The second-order valence-corrected chi connectivity index (χ2v) is 5.35. The van der Waals surface area contributed by atoms with Crippen LogP contribution in [0.25, 0.3) is 0 Å². The van der Waals surface area contributed by atoms with Crippen LogP contribution >= 0.6 is 11.3 Å². The molecule has 2 aromatic rings. The van der Waals surface area contributed by atoms with Crippen LogP contribution in [-0.2, 0) is 13.0 Å². The fourth-order valence-electron chi connectivity index (χ4n) is 1.78. The van der Waals surface area contributed by atoms with Gasteiger partial charge in [-0.3, -0.25) is 4.79 Å². The van der Waals surface area contributed by atoms with Crippen molar-refractivity contribution in [2.45, 2.75) is 19.9 Å². The number of pyridine rings is 1. The van der Waals surface area contributed by atoms with Crippen LogP contribution < -0.4 is 10.9 Å². The summed E-state index contributed by atoms with van der Waals surface area (Å²) in [6.07, 6.45) is 2.92. The van der Waals surface area contributed by atoms with E-state index in [0.29, 0.717) is 0 Å². The number of hydrogen-bond donors (Lipinski definition) is 1. The molecule has 0 aromatic carbocycles. The first kappa shape index (κ1) is 13.1. The first-order valence-electron chi connectivity index (χ1n) is 6.16. The topological polar surface area (TPSA) is 34.0 Å². The van der Waals surface area contributed by atoms with Crippen LogP contribution in [0.5, 0.6) is 0 Å². The van der Waals surface area contributed by atoms with Crippen molar-refractivity contribution < 1.29 is 0 Å². The number of rotatable bonds is 6. The van der Waals surface area contributed by atoms with Crippen LogP contribution in [0.2, 0.25) is 0 Å². The van der Waals surface area contributed by atoms with Gasteiger partial charge in [-0.2, -0.15) is 0 Å². The molecule has 0 aliphatic rings. The van der Waals surface area contributed by atoms with Crippen molar-refractivity contribution in [3.63, 3.8) is 0 Å². The van der Waals surface area contributed by atoms with Crippen molar-refractivity contribution in [3.8, 4) is 0 Å². The third-order valence-corrected chi connectivity index (χ3v) is 3.75. The SMILES string of the molecule is Cc1ccn(CCNCCc2cccs2)c(=O)c1. The van der Waals surface area contributed by atoms with Gasteiger partial charge in [-0.1, -0.05) is 6.07 Å². The standard InChI is InChI=1S/C14H18N2OS/c1-12-5-8-16(14(17)11-12)9-7-15-6-4-13-3-2-10-18-13/h2-3,5,8,10-11,15H,4,6-7,9H2,1H3. The minimum Gasteiger partial charge on any atom is -0.315 e. The molecule has 0 unspecified atom stereocenters. The van der Waals surface area contributed by atoms with E-state index in [4.69, 9.17) is 0 Å². The van der Waals surface area contributed by atoms with Crippen molar-refractivity contribution in [3.05, 3.63) is 56.6 Å². The van der Waals surface area contributed by atoms with Crippen LogP contribution in [0, 0.1) is 6.92 Å². The molecule has 0 amide bonds. The lowest BCUT2D eigenvalue weighted by Gasteiger charge is -2.07. The van der Waals surface area contributed by atoms with Crippen LogP contribution in [0.15, 0.2) is 40.6 Å². The highest BCUT2D eigenvalue weighted by Crippen LogP contribution is 2.07. The molecular weight excluding hydrogens is 244 g/mol. The predicted octanol–water partition coefficient (Wildman–Crippen LogP) is 2.05. The van der Waals surface area contributed by atoms with Crippen molar-refractivity contribution in [1.82, 2.24) is 9.88 Å². The van der Waals surface area contributed by atoms with E-state index in [1.54, 1.807) is 22.0 Å². The molecule has 96 valence electrons. The molecule has 0 aliphatic carbocycles. The molecule has 4 heteroatoms. The maximum absolute atomic E-state index is 11.6. The third kappa shape index (κ3) is 3.82. The molecule has 0 aliphatic heterocycles. The molecule has 2 aromatic heterocycles. The summed E-state index contributed by atoms with van der Waals surface area (Å²) in [5.41, 5.74) is 1.09. The van der Waals surface area contributed by atoms with Crippen molar-refractivity contribution in [2.24, 2.45) is 0 Å². The second-order valence-electron chi connectivity index (χ2n) is 4.32. The third-order valence-electron chi connectivity index (χ3n) is 2.81. The minimum atomic E-state index is 0.0788. The molecule has 0 fully saturated rings. The average molecular weight is 262 g/mol. The molecule has 0 spiro atoms. The Balaban J connectivity index is 1.70. The Bertz CT molecular complexity index is 531. The van der Waals surface area contributed by atoms with Crippen LogP contribution in [0.4, 0.5) is 0 Å². The van der Waals surface area contributed by atoms with Crippen molar-refractivity contribution in [2.75, 3.05) is 13.1 Å². The zero-order valence-electron chi connectivity index (χ0n) is 10.6. The van der Waals surface area contributed by atoms with Gasteiger partial charge in [-0.25, -0.2) is 0 Å². The maximum atomic E-state index is 11.6. The Hall–Kier alpha value is -1.39. The van der Waals surface area contributed by atoms with Crippen LogP contribution in [0.1, 0.15) is 10.4 Å². The van der Waals surface area contributed by atoms with E-state index in [1.165, 1.54) is 4.88 Å². The number of aromatic nitrogens is 1. The zero-order chi connectivity index (χ0) is 12.8. The van der Waals surface area contributed by atoms with E-state index in [1.807, 2.05) is 19.2 Å². The first-order chi connectivity index (χ1) is 8.75. The summed E-state index contributed by atoms with van der Waals surface area (Å²) >= 11 is 1.79. The van der Waals surface area contributed by atoms with E-state index in [2.05, 4.69) is 22.8 Å². The van der Waals surface area contributed by atoms with Gasteiger partial charge in [0, 0.05) is 36.8 Å². The monoisotopic (exact) mass is 262 g/mol. The summed E-state index contributed by atoms with van der Waals surface area (Å²) in [5, 5.41) is 5.46. The predicted molar refractivity (Wildman–Crippen MR) is 76.3 cm³/mol. The molecule has 18 heavy (non-hydrogen) atoms. The maximum Gasteiger partial charge on any atom is 0.250 e. The Morgan fingerprint density at radius 1 is 1.33 bits per heavy atom. The van der Waals surface area contributed by atoms with Gasteiger partial charge in [0.1, 0.15) is 0 Å². The Kier molecular flexibility index (Phi) is 4.73. The number of aryl methyl sites for hydroxylation is 1. The summed E-state index contributed by atoms with van der Waals surface area (Å²) in [4.78, 5) is 13.0. The number of hydrogen-bond acceptors (Lipinski definition) is 3. The molecule has 0 saturated heterocycles. The molecule has 2 heterocycles. The Morgan fingerprint density at radius 3 is 2.94 bits per heavy atom. The van der Waals surface area contributed by atoms with Gasteiger partial charge in [-0.05, 0) is 36.4 Å². The highest BCUT2D eigenvalue weighted by atomic mass is 32.1.